The number of carbonyl (C=O) groups excluding carboxylic acids is 6. The first kappa shape index (κ1) is 45.6. The summed E-state index contributed by atoms with van der Waals surface area (Å²) in [7, 11) is 0. The number of phenols is 2. The summed E-state index contributed by atoms with van der Waals surface area (Å²) in [6.45, 7) is 15.2. The van der Waals surface area contributed by atoms with Gasteiger partial charge >= 0.3 is 18.3 Å². The minimum atomic E-state index is -1.35. The molecule has 0 saturated carbocycles. The number of hydrogen-bond acceptors (Lipinski definition) is 11. The minimum Gasteiger partial charge on any atom is -0.508 e. The van der Waals surface area contributed by atoms with Gasteiger partial charge in [0.2, 0.25) is 17.7 Å². The van der Waals surface area contributed by atoms with Gasteiger partial charge in [-0.3, -0.25) is 14.4 Å². The van der Waals surface area contributed by atoms with E-state index in [-0.39, 0.29) is 62.4 Å². The molecule has 17 heteroatoms. The van der Waals surface area contributed by atoms with Gasteiger partial charge in [0.25, 0.3) is 0 Å². The second-order valence-electron chi connectivity index (χ2n) is 16.7. The molecule has 0 saturated heterocycles. The molecule has 1 heterocycles. The number of ether oxygens (including phenoxy) is 3. The molecule has 2 aromatic rings. The first-order chi connectivity index (χ1) is 26.4. The molecule has 0 spiro atoms. The van der Waals surface area contributed by atoms with Crippen molar-refractivity contribution < 1.29 is 53.2 Å². The first-order valence-corrected chi connectivity index (χ1v) is 18.8. The van der Waals surface area contributed by atoms with Crippen LogP contribution in [0.5, 0.6) is 11.5 Å². The van der Waals surface area contributed by atoms with Crippen LogP contribution in [0.2, 0.25) is 0 Å². The maximum atomic E-state index is 14.1. The average molecular weight is 799 g/mol. The molecule has 8 N–H and O–H groups in total. The Bertz CT molecular complexity index is 1780. The van der Waals surface area contributed by atoms with Crippen LogP contribution < -0.4 is 31.9 Å². The van der Waals surface area contributed by atoms with Crippen LogP contribution in [0.3, 0.4) is 0 Å². The van der Waals surface area contributed by atoms with E-state index in [0.29, 0.717) is 16.7 Å². The van der Waals surface area contributed by atoms with E-state index in [0.717, 1.165) is 0 Å². The van der Waals surface area contributed by atoms with E-state index in [1.54, 1.807) is 86.6 Å². The van der Waals surface area contributed by atoms with Crippen molar-refractivity contribution in [3.8, 4) is 22.6 Å². The molecule has 6 amide bonds. The van der Waals surface area contributed by atoms with Crippen molar-refractivity contribution in [2.45, 2.75) is 123 Å². The molecule has 3 rings (SSSR count). The molecule has 17 nitrogen and oxygen atoms in total. The zero-order chi connectivity index (χ0) is 42.7. The lowest BCUT2D eigenvalue weighted by Crippen LogP contribution is -2.58. The maximum Gasteiger partial charge on any atom is 0.408 e. The summed E-state index contributed by atoms with van der Waals surface area (Å²) in [5.41, 5.74) is -0.634. The fourth-order valence-corrected chi connectivity index (χ4v) is 5.58. The van der Waals surface area contributed by atoms with Crippen LogP contribution in [0.25, 0.3) is 11.1 Å². The van der Waals surface area contributed by atoms with Crippen LogP contribution in [0.15, 0.2) is 36.4 Å². The number of alkyl carbamates (subject to hydrolysis) is 3. The van der Waals surface area contributed by atoms with E-state index in [9.17, 15) is 39.0 Å². The van der Waals surface area contributed by atoms with E-state index >= 15 is 0 Å². The molecule has 1 aliphatic rings. The second kappa shape index (κ2) is 19.4. The number of amides is 6. The molecular formula is C40H58N6O11. The summed E-state index contributed by atoms with van der Waals surface area (Å²) in [6.07, 6.45) is -2.56. The van der Waals surface area contributed by atoms with E-state index in [1.165, 1.54) is 12.1 Å². The first-order valence-electron chi connectivity index (χ1n) is 18.8. The lowest BCUT2D eigenvalue weighted by Gasteiger charge is -2.27. The van der Waals surface area contributed by atoms with Gasteiger partial charge in [-0.2, -0.15) is 0 Å². The van der Waals surface area contributed by atoms with Crippen LogP contribution in [-0.4, -0.2) is 101 Å². The average Bonchev–Trinajstić information content (AvgIpc) is 3.06. The summed E-state index contributed by atoms with van der Waals surface area (Å²) < 4.78 is 15.9. The fraction of sp³-hybridized carbons (Fsp3) is 0.550. The highest BCUT2D eigenvalue weighted by atomic mass is 16.6. The molecular weight excluding hydrogens is 740 g/mol. The molecule has 1 aliphatic heterocycles. The summed E-state index contributed by atoms with van der Waals surface area (Å²) in [5, 5.41) is 37.6. The molecule has 314 valence electrons. The Kier molecular flexibility index (Phi) is 15.5. The number of benzene rings is 2. The van der Waals surface area contributed by atoms with Gasteiger partial charge in [0.1, 0.15) is 46.4 Å². The van der Waals surface area contributed by atoms with Crippen molar-refractivity contribution in [2.75, 3.05) is 19.6 Å². The predicted molar refractivity (Wildman–Crippen MR) is 210 cm³/mol. The molecule has 3 atom stereocenters. The highest BCUT2D eigenvalue weighted by Gasteiger charge is 2.32. The van der Waals surface area contributed by atoms with Gasteiger partial charge in [0, 0.05) is 32.5 Å². The Morgan fingerprint density at radius 2 is 1.12 bits per heavy atom. The summed E-state index contributed by atoms with van der Waals surface area (Å²) >= 11 is 0. The third kappa shape index (κ3) is 16.1. The number of fused-ring (bicyclic) bond motifs is 5. The predicted octanol–water partition coefficient (Wildman–Crippen LogP) is 3.67. The smallest absolute Gasteiger partial charge is 0.408 e. The fourth-order valence-electron chi connectivity index (χ4n) is 5.58. The van der Waals surface area contributed by atoms with E-state index in [4.69, 9.17) is 14.2 Å². The number of rotatable bonds is 9. The highest BCUT2D eigenvalue weighted by molar-refractivity contribution is 5.94. The zero-order valence-electron chi connectivity index (χ0n) is 34.2. The molecule has 0 fully saturated rings. The van der Waals surface area contributed by atoms with Crippen molar-refractivity contribution in [1.82, 2.24) is 31.9 Å². The number of carbonyl (C=O) groups is 6. The Balaban J connectivity index is 2.01. The number of phenolic OH excluding ortho intramolecular Hbond substituents is 2. The Labute approximate surface area is 333 Å². The summed E-state index contributed by atoms with van der Waals surface area (Å²) in [5.74, 6) is -2.55. The topological polar surface area (TPSA) is 243 Å². The molecule has 2 aromatic carbocycles. The molecule has 4 bridgehead atoms. The SMILES string of the molecule is CC(C)(C)OC(=O)NCCC[C@@H]1NC(=O)[C@@H](NC(=O)OC(C)(C)C)Cc2cc(ccc2O)-c2ccc(O)c(c2)C[C@@H](C(=O)NCCNC(=O)OC(C)(C)C)NC1=O. The lowest BCUT2D eigenvalue weighted by molar-refractivity contribution is -0.132. The standard InChI is InChI=1S/C40H58N6O11/c1-38(2,3)55-35(52)42-16-10-11-27-33(50)45-28(32(49)41-17-18-43-36(53)56-39(4,5)6)21-25-19-23(12-14-30(25)47)24-13-15-31(48)26(20-24)22-29(34(51)44-27)46-37(54)57-40(7,8)9/h12-15,19-20,27-29,47-48H,10-11,16-18,21-22H2,1-9H3,(H,41,49)(H,42,52)(H,43,53)(H,44,51)(H,45,50)(H,46,54)/t27-,28-,29-/m0/s1. The molecule has 0 radical (unpaired) electrons. The van der Waals surface area contributed by atoms with Crippen molar-refractivity contribution >= 4 is 36.0 Å². The number of hydrogen-bond donors (Lipinski definition) is 8. The zero-order valence-corrected chi connectivity index (χ0v) is 34.2. The normalized spacial score (nSPS) is 17.7. The van der Waals surface area contributed by atoms with Crippen LogP contribution in [-0.2, 0) is 41.4 Å². The highest BCUT2D eigenvalue weighted by Crippen LogP contribution is 2.31. The maximum absolute atomic E-state index is 14.1. The van der Waals surface area contributed by atoms with E-state index in [1.807, 2.05) is 0 Å². The minimum absolute atomic E-state index is 0.000603. The van der Waals surface area contributed by atoms with Crippen molar-refractivity contribution in [1.29, 1.82) is 0 Å². The van der Waals surface area contributed by atoms with Gasteiger partial charge < -0.3 is 56.3 Å². The van der Waals surface area contributed by atoms with Gasteiger partial charge in [0.05, 0.1) is 0 Å². The van der Waals surface area contributed by atoms with Gasteiger partial charge in [-0.25, -0.2) is 14.4 Å². The van der Waals surface area contributed by atoms with Crippen molar-refractivity contribution in [3.05, 3.63) is 47.5 Å². The molecule has 0 aromatic heterocycles. The van der Waals surface area contributed by atoms with Crippen molar-refractivity contribution in [2.24, 2.45) is 0 Å². The van der Waals surface area contributed by atoms with Gasteiger partial charge in [-0.15, -0.1) is 0 Å². The van der Waals surface area contributed by atoms with Gasteiger partial charge in [-0.1, -0.05) is 12.1 Å². The monoisotopic (exact) mass is 798 g/mol. The molecule has 57 heavy (non-hydrogen) atoms. The van der Waals surface area contributed by atoms with Gasteiger partial charge in [0.15, 0.2) is 0 Å². The summed E-state index contributed by atoms with van der Waals surface area (Å²) in [4.78, 5) is 79.3. The Morgan fingerprint density at radius 3 is 1.65 bits per heavy atom. The Hall–Kier alpha value is -5.74. The quantitative estimate of drug-likeness (QED) is 0.134. The van der Waals surface area contributed by atoms with Crippen LogP contribution in [0.4, 0.5) is 14.4 Å². The van der Waals surface area contributed by atoms with Crippen LogP contribution in [0.1, 0.15) is 86.3 Å². The lowest BCUT2D eigenvalue weighted by atomic mass is 9.95. The molecule has 0 aliphatic carbocycles. The summed E-state index contributed by atoms with van der Waals surface area (Å²) in [6, 6.07) is 5.45. The second-order valence-corrected chi connectivity index (χ2v) is 16.7. The van der Waals surface area contributed by atoms with Crippen LogP contribution in [0, 0.1) is 0 Å². The van der Waals surface area contributed by atoms with E-state index < -0.39 is 70.9 Å². The third-order valence-corrected chi connectivity index (χ3v) is 8.04. The largest absolute Gasteiger partial charge is 0.508 e. The van der Waals surface area contributed by atoms with E-state index in [2.05, 4.69) is 31.9 Å². The number of aromatic hydroxyl groups is 2. The third-order valence-electron chi connectivity index (χ3n) is 8.04. The van der Waals surface area contributed by atoms with Crippen molar-refractivity contribution in [3.63, 3.8) is 0 Å². The van der Waals surface area contributed by atoms with Crippen LogP contribution >= 0.6 is 0 Å². The van der Waals surface area contributed by atoms with Gasteiger partial charge in [-0.05, 0) is 122 Å². The number of nitrogens with one attached hydrogen (secondary N) is 6. The molecule has 0 unspecified atom stereocenters. The Morgan fingerprint density at radius 1 is 0.649 bits per heavy atom.